The summed E-state index contributed by atoms with van der Waals surface area (Å²) < 4.78 is 7.98. The van der Waals surface area contributed by atoms with Crippen LogP contribution in [0.15, 0.2) is 6.20 Å². The fraction of sp³-hybridized carbons (Fsp3) is 0.750. The van der Waals surface area contributed by atoms with Gasteiger partial charge in [0.05, 0.1) is 6.61 Å². The summed E-state index contributed by atoms with van der Waals surface area (Å²) >= 11 is 0. The topological polar surface area (TPSA) is 27.1 Å². The molecule has 3 nitrogen and oxygen atoms in total. The second-order valence-electron chi connectivity index (χ2n) is 4.63. The first-order valence-electron chi connectivity index (χ1n) is 6.07. The Balaban J connectivity index is 1.87. The van der Waals surface area contributed by atoms with E-state index in [9.17, 15) is 0 Å². The predicted molar refractivity (Wildman–Crippen MR) is 58.0 cm³/mol. The van der Waals surface area contributed by atoms with Crippen molar-refractivity contribution in [3.63, 3.8) is 0 Å². The third kappa shape index (κ3) is 1.69. The first-order valence-corrected chi connectivity index (χ1v) is 6.07. The minimum absolute atomic E-state index is 0.547. The Morgan fingerprint density at radius 2 is 2.33 bits per heavy atom. The number of ether oxygens (including phenoxy) is 1. The molecule has 2 aliphatic heterocycles. The third-order valence-corrected chi connectivity index (χ3v) is 3.56. The van der Waals surface area contributed by atoms with E-state index >= 15 is 0 Å². The quantitative estimate of drug-likeness (QED) is 0.703. The van der Waals surface area contributed by atoms with Crippen molar-refractivity contribution < 1.29 is 4.74 Å². The lowest BCUT2D eigenvalue weighted by atomic mass is 10.0. The summed E-state index contributed by atoms with van der Waals surface area (Å²) in [6.45, 7) is 2.97. The van der Waals surface area contributed by atoms with Crippen molar-refractivity contribution in [1.82, 2.24) is 9.55 Å². The molecule has 2 aliphatic rings. The lowest BCUT2D eigenvalue weighted by molar-refractivity contribution is 0.0768. The molecule has 3 rings (SSSR count). The molecule has 0 N–H and O–H groups in total. The second kappa shape index (κ2) is 3.97. The van der Waals surface area contributed by atoms with Crippen LogP contribution in [0.1, 0.15) is 43.1 Å². The number of aryl methyl sites for hydroxylation is 1. The fourth-order valence-electron chi connectivity index (χ4n) is 2.73. The average Bonchev–Trinajstić information content (AvgIpc) is 2.74. The van der Waals surface area contributed by atoms with Gasteiger partial charge in [-0.3, -0.25) is 0 Å². The Morgan fingerprint density at radius 1 is 1.33 bits per heavy atom. The molecule has 1 atom stereocenters. The standard InChI is InChI=1S/C12H18N2O/c1-2-6-14-11(5-1)8-13-12(14)10-4-3-7-15-9-10/h8,10H,1-7,9H2. The summed E-state index contributed by atoms with van der Waals surface area (Å²) in [5.74, 6) is 1.83. The molecular weight excluding hydrogens is 188 g/mol. The van der Waals surface area contributed by atoms with Crippen LogP contribution in [0, 0.1) is 0 Å². The first kappa shape index (κ1) is 9.40. The molecule has 0 bridgehead atoms. The minimum Gasteiger partial charge on any atom is -0.381 e. The summed E-state index contributed by atoms with van der Waals surface area (Å²) in [6, 6.07) is 0. The van der Waals surface area contributed by atoms with Gasteiger partial charge in [-0.1, -0.05) is 0 Å². The van der Waals surface area contributed by atoms with Crippen LogP contribution >= 0.6 is 0 Å². The van der Waals surface area contributed by atoms with Crippen molar-refractivity contribution in [2.45, 2.75) is 44.6 Å². The molecule has 1 aromatic rings. The molecule has 0 aromatic carbocycles. The molecule has 1 fully saturated rings. The van der Waals surface area contributed by atoms with Gasteiger partial charge in [0.2, 0.25) is 0 Å². The van der Waals surface area contributed by atoms with E-state index in [2.05, 4.69) is 15.7 Å². The van der Waals surface area contributed by atoms with Crippen LogP contribution in [0.3, 0.4) is 0 Å². The number of aromatic nitrogens is 2. The lowest BCUT2D eigenvalue weighted by Crippen LogP contribution is -2.21. The molecule has 3 heterocycles. The van der Waals surface area contributed by atoms with Gasteiger partial charge in [-0.2, -0.15) is 0 Å². The first-order chi connectivity index (χ1) is 7.45. The monoisotopic (exact) mass is 206 g/mol. The van der Waals surface area contributed by atoms with Crippen LogP contribution < -0.4 is 0 Å². The average molecular weight is 206 g/mol. The van der Waals surface area contributed by atoms with E-state index in [4.69, 9.17) is 4.74 Å². The van der Waals surface area contributed by atoms with Crippen LogP contribution in [0.25, 0.3) is 0 Å². The molecule has 0 radical (unpaired) electrons. The maximum Gasteiger partial charge on any atom is 0.114 e. The van der Waals surface area contributed by atoms with Gasteiger partial charge in [-0.25, -0.2) is 4.98 Å². The second-order valence-corrected chi connectivity index (χ2v) is 4.63. The maximum absolute atomic E-state index is 5.54. The highest BCUT2D eigenvalue weighted by Gasteiger charge is 2.23. The van der Waals surface area contributed by atoms with E-state index < -0.39 is 0 Å². The van der Waals surface area contributed by atoms with E-state index in [-0.39, 0.29) is 0 Å². The zero-order valence-corrected chi connectivity index (χ0v) is 9.11. The highest BCUT2D eigenvalue weighted by molar-refractivity contribution is 5.12. The Hall–Kier alpha value is -0.830. The summed E-state index contributed by atoms with van der Waals surface area (Å²) in [5.41, 5.74) is 1.43. The molecule has 15 heavy (non-hydrogen) atoms. The zero-order valence-electron chi connectivity index (χ0n) is 9.11. The fourth-order valence-corrected chi connectivity index (χ4v) is 2.73. The largest absolute Gasteiger partial charge is 0.381 e. The zero-order chi connectivity index (χ0) is 10.1. The van der Waals surface area contributed by atoms with Gasteiger partial charge in [0.25, 0.3) is 0 Å². The molecule has 82 valence electrons. The van der Waals surface area contributed by atoms with Gasteiger partial charge < -0.3 is 9.30 Å². The molecule has 0 saturated carbocycles. The molecule has 3 heteroatoms. The van der Waals surface area contributed by atoms with Crippen molar-refractivity contribution in [3.05, 3.63) is 17.7 Å². The normalized spacial score (nSPS) is 26.3. The molecule has 1 unspecified atom stereocenters. The SMILES string of the molecule is c1nc(C2CCCOC2)n2c1CCCC2. The van der Waals surface area contributed by atoms with Crippen molar-refractivity contribution in [2.24, 2.45) is 0 Å². The highest BCUT2D eigenvalue weighted by atomic mass is 16.5. The lowest BCUT2D eigenvalue weighted by Gasteiger charge is -2.24. The smallest absolute Gasteiger partial charge is 0.114 e. The molecular formula is C12H18N2O. The van der Waals surface area contributed by atoms with Gasteiger partial charge in [0.1, 0.15) is 5.82 Å². The van der Waals surface area contributed by atoms with E-state index in [1.54, 1.807) is 0 Å². The minimum atomic E-state index is 0.547. The van der Waals surface area contributed by atoms with E-state index in [1.165, 1.54) is 50.2 Å². The number of imidazole rings is 1. The summed E-state index contributed by atoms with van der Waals surface area (Å²) in [6.07, 6.45) is 8.35. The summed E-state index contributed by atoms with van der Waals surface area (Å²) in [5, 5.41) is 0. The molecule has 0 aliphatic carbocycles. The van der Waals surface area contributed by atoms with Gasteiger partial charge in [0, 0.05) is 31.0 Å². The molecule has 1 aromatic heterocycles. The Kier molecular flexibility index (Phi) is 2.49. The van der Waals surface area contributed by atoms with E-state index in [0.29, 0.717) is 5.92 Å². The number of rotatable bonds is 1. The Morgan fingerprint density at radius 3 is 3.20 bits per heavy atom. The Bertz CT molecular complexity index is 339. The van der Waals surface area contributed by atoms with Crippen LogP contribution in [-0.4, -0.2) is 22.8 Å². The Labute approximate surface area is 90.5 Å². The van der Waals surface area contributed by atoms with Crippen LogP contribution in [0.4, 0.5) is 0 Å². The molecule has 1 saturated heterocycles. The van der Waals surface area contributed by atoms with Gasteiger partial charge in [0.15, 0.2) is 0 Å². The summed E-state index contributed by atoms with van der Waals surface area (Å²) in [7, 11) is 0. The van der Waals surface area contributed by atoms with Crippen molar-refractivity contribution in [1.29, 1.82) is 0 Å². The van der Waals surface area contributed by atoms with Gasteiger partial charge in [-0.05, 0) is 32.1 Å². The molecule has 0 amide bonds. The summed E-state index contributed by atoms with van der Waals surface area (Å²) in [4.78, 5) is 4.60. The third-order valence-electron chi connectivity index (χ3n) is 3.56. The maximum atomic E-state index is 5.54. The number of fused-ring (bicyclic) bond motifs is 1. The highest BCUT2D eigenvalue weighted by Crippen LogP contribution is 2.27. The van der Waals surface area contributed by atoms with Crippen LogP contribution in [0.5, 0.6) is 0 Å². The van der Waals surface area contributed by atoms with Crippen molar-refractivity contribution >= 4 is 0 Å². The predicted octanol–water partition coefficient (Wildman–Crippen LogP) is 2.11. The van der Waals surface area contributed by atoms with Crippen molar-refractivity contribution in [2.75, 3.05) is 13.2 Å². The number of nitrogens with zero attached hydrogens (tertiary/aromatic N) is 2. The van der Waals surface area contributed by atoms with Gasteiger partial charge >= 0.3 is 0 Å². The van der Waals surface area contributed by atoms with Crippen LogP contribution in [-0.2, 0) is 17.7 Å². The van der Waals surface area contributed by atoms with E-state index in [1.807, 2.05) is 0 Å². The van der Waals surface area contributed by atoms with Crippen LogP contribution in [0.2, 0.25) is 0 Å². The molecule has 0 spiro atoms. The van der Waals surface area contributed by atoms with E-state index in [0.717, 1.165) is 13.2 Å². The van der Waals surface area contributed by atoms with Gasteiger partial charge in [-0.15, -0.1) is 0 Å². The van der Waals surface area contributed by atoms with Crippen molar-refractivity contribution in [3.8, 4) is 0 Å². The number of hydrogen-bond donors (Lipinski definition) is 0. The number of hydrogen-bond acceptors (Lipinski definition) is 2.